The molecule has 2 rings (SSSR count). The van der Waals surface area contributed by atoms with E-state index in [-0.39, 0.29) is 11.9 Å². The first-order chi connectivity index (χ1) is 9.20. The van der Waals surface area contributed by atoms with Crippen molar-refractivity contribution in [2.45, 2.75) is 24.4 Å². The maximum Gasteiger partial charge on any atom is 0.254 e. The van der Waals surface area contributed by atoms with Gasteiger partial charge in [-0.05, 0) is 37.4 Å². The van der Waals surface area contributed by atoms with Gasteiger partial charge in [0, 0.05) is 18.7 Å². The number of carbonyl (C=O) groups excluding carboxylic acids is 1. The highest BCUT2D eigenvalue weighted by Gasteiger charge is 2.14. The molecule has 0 aliphatic heterocycles. The van der Waals surface area contributed by atoms with Crippen LogP contribution in [0.3, 0.4) is 0 Å². The van der Waals surface area contributed by atoms with Gasteiger partial charge < -0.3 is 9.73 Å². The Hall–Kier alpha value is -1.75. The Morgan fingerprint density at radius 3 is 3.00 bits per heavy atom. The second-order valence-electron chi connectivity index (χ2n) is 4.22. The fraction of sp³-hybridized carbons (Fsp3) is 0.286. The van der Waals surface area contributed by atoms with Crippen molar-refractivity contribution < 1.29 is 9.21 Å². The third-order valence-corrected chi connectivity index (χ3v) is 3.39. The van der Waals surface area contributed by atoms with Crippen LogP contribution < -0.4 is 5.32 Å². The van der Waals surface area contributed by atoms with Crippen LogP contribution in [-0.2, 0) is 6.42 Å². The van der Waals surface area contributed by atoms with Crippen LogP contribution in [0.2, 0.25) is 0 Å². The molecule has 0 aromatic carbocycles. The lowest BCUT2D eigenvalue weighted by atomic mass is 10.2. The predicted octanol–water partition coefficient (Wildman–Crippen LogP) is 2.76. The van der Waals surface area contributed by atoms with Crippen molar-refractivity contribution in [1.29, 1.82) is 0 Å². The van der Waals surface area contributed by atoms with Crippen LogP contribution in [0.15, 0.2) is 46.2 Å². The SMILES string of the molecule is CSc1ncccc1C(=O)N[C@@H](C)Cc1ccco1. The molecule has 4 nitrogen and oxygen atoms in total. The Labute approximate surface area is 116 Å². The van der Waals surface area contributed by atoms with Gasteiger partial charge in [-0.15, -0.1) is 11.8 Å². The van der Waals surface area contributed by atoms with Gasteiger partial charge in [-0.3, -0.25) is 4.79 Å². The monoisotopic (exact) mass is 276 g/mol. The maximum absolute atomic E-state index is 12.2. The molecule has 19 heavy (non-hydrogen) atoms. The van der Waals surface area contributed by atoms with Gasteiger partial charge in [-0.25, -0.2) is 4.98 Å². The zero-order valence-electron chi connectivity index (χ0n) is 10.9. The zero-order chi connectivity index (χ0) is 13.7. The number of thioether (sulfide) groups is 1. The van der Waals surface area contributed by atoms with Crippen molar-refractivity contribution in [2.75, 3.05) is 6.26 Å². The lowest BCUT2D eigenvalue weighted by molar-refractivity contribution is 0.0935. The van der Waals surface area contributed by atoms with Crippen LogP contribution in [0.25, 0.3) is 0 Å². The zero-order valence-corrected chi connectivity index (χ0v) is 11.7. The van der Waals surface area contributed by atoms with E-state index in [1.807, 2.05) is 25.3 Å². The summed E-state index contributed by atoms with van der Waals surface area (Å²) in [7, 11) is 0. The van der Waals surface area contributed by atoms with Crippen molar-refractivity contribution in [3.8, 4) is 0 Å². The van der Waals surface area contributed by atoms with Crippen LogP contribution >= 0.6 is 11.8 Å². The van der Waals surface area contributed by atoms with E-state index >= 15 is 0 Å². The highest BCUT2D eigenvalue weighted by molar-refractivity contribution is 7.98. The Kier molecular flexibility index (Phi) is 4.63. The van der Waals surface area contributed by atoms with E-state index in [4.69, 9.17) is 4.42 Å². The molecule has 0 bridgehead atoms. The molecule has 5 heteroatoms. The third-order valence-electron chi connectivity index (χ3n) is 2.67. The van der Waals surface area contributed by atoms with Gasteiger partial charge in [0.1, 0.15) is 10.8 Å². The summed E-state index contributed by atoms with van der Waals surface area (Å²) in [6, 6.07) is 7.31. The average molecular weight is 276 g/mol. The molecule has 1 atom stereocenters. The molecular formula is C14H16N2O2S. The molecule has 2 heterocycles. The summed E-state index contributed by atoms with van der Waals surface area (Å²) in [6.45, 7) is 1.95. The summed E-state index contributed by atoms with van der Waals surface area (Å²) in [5, 5.41) is 3.70. The molecule has 100 valence electrons. The maximum atomic E-state index is 12.2. The first-order valence-electron chi connectivity index (χ1n) is 6.03. The highest BCUT2D eigenvalue weighted by atomic mass is 32.2. The predicted molar refractivity (Wildman–Crippen MR) is 75.4 cm³/mol. The molecule has 1 amide bonds. The van der Waals surface area contributed by atoms with Gasteiger partial charge in [0.2, 0.25) is 0 Å². The summed E-state index contributed by atoms with van der Waals surface area (Å²) >= 11 is 1.47. The molecule has 0 unspecified atom stereocenters. The minimum atomic E-state index is -0.100. The van der Waals surface area contributed by atoms with Gasteiger partial charge in [-0.2, -0.15) is 0 Å². The molecule has 0 saturated carbocycles. The lowest BCUT2D eigenvalue weighted by Crippen LogP contribution is -2.34. The molecule has 0 spiro atoms. The van der Waals surface area contributed by atoms with Crippen molar-refractivity contribution in [2.24, 2.45) is 0 Å². The highest BCUT2D eigenvalue weighted by Crippen LogP contribution is 2.16. The van der Waals surface area contributed by atoms with E-state index in [1.54, 1.807) is 24.6 Å². The molecule has 0 saturated heterocycles. The smallest absolute Gasteiger partial charge is 0.254 e. The number of amides is 1. The summed E-state index contributed by atoms with van der Waals surface area (Å²) in [5.41, 5.74) is 0.612. The number of aromatic nitrogens is 1. The number of hydrogen-bond donors (Lipinski definition) is 1. The fourth-order valence-corrected chi connectivity index (χ4v) is 2.36. The van der Waals surface area contributed by atoms with Crippen molar-refractivity contribution >= 4 is 17.7 Å². The first-order valence-corrected chi connectivity index (χ1v) is 7.25. The fourth-order valence-electron chi connectivity index (χ4n) is 1.81. The normalized spacial score (nSPS) is 12.1. The summed E-state index contributed by atoms with van der Waals surface area (Å²) in [4.78, 5) is 16.4. The third kappa shape index (κ3) is 3.61. The minimum Gasteiger partial charge on any atom is -0.469 e. The lowest BCUT2D eigenvalue weighted by Gasteiger charge is -2.13. The molecule has 0 fully saturated rings. The van der Waals surface area contributed by atoms with Crippen molar-refractivity contribution in [3.05, 3.63) is 48.0 Å². The van der Waals surface area contributed by atoms with E-state index < -0.39 is 0 Å². The van der Waals surface area contributed by atoms with E-state index in [0.29, 0.717) is 12.0 Å². The quantitative estimate of drug-likeness (QED) is 0.853. The Morgan fingerprint density at radius 2 is 2.32 bits per heavy atom. The van der Waals surface area contributed by atoms with E-state index in [9.17, 15) is 4.79 Å². The molecule has 0 aliphatic carbocycles. The molecule has 1 N–H and O–H groups in total. The molecule has 0 radical (unpaired) electrons. The van der Waals surface area contributed by atoms with E-state index in [1.165, 1.54) is 11.8 Å². The molecule has 2 aromatic heterocycles. The molecular weight excluding hydrogens is 260 g/mol. The number of pyridine rings is 1. The van der Waals surface area contributed by atoms with Crippen LogP contribution in [0.4, 0.5) is 0 Å². The Morgan fingerprint density at radius 1 is 1.47 bits per heavy atom. The summed E-state index contributed by atoms with van der Waals surface area (Å²) in [5.74, 6) is 0.764. The first kappa shape index (κ1) is 13.7. The number of nitrogens with one attached hydrogen (secondary N) is 1. The van der Waals surface area contributed by atoms with Crippen molar-refractivity contribution in [3.63, 3.8) is 0 Å². The van der Waals surface area contributed by atoms with Crippen LogP contribution in [0.5, 0.6) is 0 Å². The van der Waals surface area contributed by atoms with E-state index in [2.05, 4.69) is 10.3 Å². The van der Waals surface area contributed by atoms with Crippen LogP contribution in [-0.4, -0.2) is 23.2 Å². The second kappa shape index (κ2) is 6.43. The number of nitrogens with zero attached hydrogens (tertiary/aromatic N) is 1. The Balaban J connectivity index is 2.00. The number of hydrogen-bond acceptors (Lipinski definition) is 4. The van der Waals surface area contributed by atoms with Gasteiger partial charge in [0.25, 0.3) is 5.91 Å². The molecule has 2 aromatic rings. The topological polar surface area (TPSA) is 55.1 Å². The van der Waals surface area contributed by atoms with Crippen molar-refractivity contribution in [1.82, 2.24) is 10.3 Å². The second-order valence-corrected chi connectivity index (χ2v) is 5.01. The van der Waals surface area contributed by atoms with Gasteiger partial charge in [-0.1, -0.05) is 0 Å². The van der Waals surface area contributed by atoms with E-state index in [0.717, 1.165) is 10.8 Å². The summed E-state index contributed by atoms with van der Waals surface area (Å²) in [6.07, 6.45) is 5.91. The van der Waals surface area contributed by atoms with Crippen LogP contribution in [0, 0.1) is 0 Å². The average Bonchev–Trinajstić information content (AvgIpc) is 2.91. The number of rotatable bonds is 5. The minimum absolute atomic E-state index is 0.00793. The summed E-state index contributed by atoms with van der Waals surface area (Å²) < 4.78 is 5.27. The van der Waals surface area contributed by atoms with Crippen LogP contribution in [0.1, 0.15) is 23.0 Å². The number of furan rings is 1. The van der Waals surface area contributed by atoms with Gasteiger partial charge in [0.15, 0.2) is 0 Å². The standard InChI is InChI=1S/C14H16N2O2S/c1-10(9-11-5-4-8-18-11)16-13(17)12-6-3-7-15-14(12)19-2/h3-8,10H,9H2,1-2H3,(H,16,17)/t10-/m0/s1. The molecule has 0 aliphatic rings. The number of carbonyl (C=O) groups is 1. The largest absolute Gasteiger partial charge is 0.469 e. The van der Waals surface area contributed by atoms with Gasteiger partial charge in [0.05, 0.1) is 11.8 Å². The Bertz CT molecular complexity index is 540. The van der Waals surface area contributed by atoms with Gasteiger partial charge >= 0.3 is 0 Å².